The maximum Gasteiger partial charge on any atom is 0.407 e. The van der Waals surface area contributed by atoms with Gasteiger partial charge < -0.3 is 39.1 Å². The first-order valence-electron chi connectivity index (χ1n) is 19.2. The van der Waals surface area contributed by atoms with E-state index in [4.69, 9.17) is 9.47 Å². The minimum atomic E-state index is -0.729. The van der Waals surface area contributed by atoms with Gasteiger partial charge >= 0.3 is 6.09 Å². The van der Waals surface area contributed by atoms with Crippen molar-refractivity contribution in [1.29, 1.82) is 0 Å². The number of aromatic amines is 2. The van der Waals surface area contributed by atoms with E-state index in [1.807, 2.05) is 59.7 Å². The number of carbonyl (C=O) groups is 3. The first-order valence-corrected chi connectivity index (χ1v) is 19.2. The summed E-state index contributed by atoms with van der Waals surface area (Å²) in [6.45, 7) is 9.31. The van der Waals surface area contributed by atoms with Crippen LogP contribution in [0.5, 0.6) is 5.75 Å². The van der Waals surface area contributed by atoms with Crippen LogP contribution in [-0.2, 0) is 21.1 Å². The smallest absolute Gasteiger partial charge is 0.407 e. The van der Waals surface area contributed by atoms with Crippen LogP contribution in [0.3, 0.4) is 0 Å². The molecule has 8 rings (SSSR count). The number of hydrogen-bond donors (Lipinski definition) is 3. The number of imidazole rings is 2. The van der Waals surface area contributed by atoms with Crippen molar-refractivity contribution >= 4 is 28.8 Å². The largest absolute Gasteiger partial charge is 0.472 e. The van der Waals surface area contributed by atoms with E-state index >= 15 is 4.39 Å². The molecule has 14 heteroatoms. The van der Waals surface area contributed by atoms with Crippen LogP contribution < -0.4 is 10.1 Å². The lowest BCUT2D eigenvalue weighted by molar-refractivity contribution is -0.135. The zero-order valence-electron chi connectivity index (χ0n) is 31.8. The van der Waals surface area contributed by atoms with Gasteiger partial charge in [-0.25, -0.2) is 19.2 Å². The lowest BCUT2D eigenvalue weighted by Gasteiger charge is -2.30. The Bertz CT molecular complexity index is 2270. The van der Waals surface area contributed by atoms with Crippen LogP contribution in [0.1, 0.15) is 83.5 Å². The summed E-state index contributed by atoms with van der Waals surface area (Å²) in [5, 5.41) is 3.14. The summed E-state index contributed by atoms with van der Waals surface area (Å²) in [7, 11) is 1.28. The quantitative estimate of drug-likeness (QED) is 0.143. The summed E-state index contributed by atoms with van der Waals surface area (Å²) in [5.74, 6) is 1.79. The van der Waals surface area contributed by atoms with Gasteiger partial charge in [0.25, 0.3) is 0 Å². The van der Waals surface area contributed by atoms with Gasteiger partial charge in [-0.15, -0.1) is 0 Å². The minimum absolute atomic E-state index is 0.0714. The third kappa shape index (κ3) is 6.61. The molecule has 3 aliphatic heterocycles. The second-order valence-corrected chi connectivity index (χ2v) is 15.6. The Hall–Kier alpha value is -5.66. The van der Waals surface area contributed by atoms with Crippen LogP contribution in [0.15, 0.2) is 48.8 Å². The topological polar surface area (TPSA) is 150 Å². The molecule has 2 aromatic carbocycles. The second-order valence-electron chi connectivity index (χ2n) is 15.6. The first-order chi connectivity index (χ1) is 26.5. The molecule has 0 radical (unpaired) electrons. The third-order valence-electron chi connectivity index (χ3n) is 11.1. The van der Waals surface area contributed by atoms with Crippen molar-refractivity contribution in [3.63, 3.8) is 0 Å². The van der Waals surface area contributed by atoms with E-state index < -0.39 is 12.1 Å². The predicted octanol–water partition coefficient (Wildman–Crippen LogP) is 7.33. The van der Waals surface area contributed by atoms with Crippen molar-refractivity contribution < 1.29 is 28.2 Å². The average Bonchev–Trinajstić information content (AvgIpc) is 4.02. The molecule has 3 amide bonds. The summed E-state index contributed by atoms with van der Waals surface area (Å²) in [5.41, 5.74) is 4.96. The van der Waals surface area contributed by atoms with Crippen LogP contribution in [0, 0.1) is 17.7 Å². The molecule has 288 valence electrons. The fraction of sp³-hybridized carbons (Fsp3) is 0.439. The van der Waals surface area contributed by atoms with E-state index in [-0.39, 0.29) is 42.4 Å². The summed E-state index contributed by atoms with van der Waals surface area (Å²) in [4.78, 5) is 58.4. The highest BCUT2D eigenvalue weighted by atomic mass is 19.1. The highest BCUT2D eigenvalue weighted by Gasteiger charge is 2.38. The highest BCUT2D eigenvalue weighted by Crippen LogP contribution is 2.43. The molecular formula is C41H47FN8O5. The zero-order valence-corrected chi connectivity index (χ0v) is 31.8. The number of nitrogens with one attached hydrogen (secondary N) is 3. The third-order valence-corrected chi connectivity index (χ3v) is 11.1. The van der Waals surface area contributed by atoms with E-state index in [9.17, 15) is 14.4 Å². The molecule has 3 aliphatic rings. The Kier molecular flexibility index (Phi) is 9.60. The summed E-state index contributed by atoms with van der Waals surface area (Å²) in [6.07, 6.45) is 6.72. The Morgan fingerprint density at radius 2 is 1.56 bits per heavy atom. The van der Waals surface area contributed by atoms with Crippen molar-refractivity contribution in [2.45, 2.75) is 84.7 Å². The summed E-state index contributed by atoms with van der Waals surface area (Å²) in [6, 6.07) is 10.3. The van der Waals surface area contributed by atoms with Crippen LogP contribution in [-0.4, -0.2) is 78.5 Å². The Morgan fingerprint density at radius 1 is 0.927 bits per heavy atom. The molecule has 0 unspecified atom stereocenters. The van der Waals surface area contributed by atoms with E-state index in [2.05, 4.69) is 39.1 Å². The number of ether oxygens (including phenoxy) is 2. The number of hydrogen-bond acceptors (Lipinski definition) is 7. The number of H-pyrrole nitrogens is 2. The van der Waals surface area contributed by atoms with Crippen molar-refractivity contribution in [3.05, 3.63) is 66.3 Å². The zero-order chi connectivity index (χ0) is 38.5. The first kappa shape index (κ1) is 36.3. The molecule has 2 saturated heterocycles. The molecule has 3 N–H and O–H groups in total. The number of alkyl carbamates (subject to hydrolysis) is 1. The lowest BCUT2D eigenvalue weighted by atomic mass is 10.0. The molecule has 3 aromatic heterocycles. The molecule has 2 fully saturated rings. The monoisotopic (exact) mass is 750 g/mol. The Morgan fingerprint density at radius 3 is 2.22 bits per heavy atom. The number of benzene rings is 2. The minimum Gasteiger partial charge on any atom is -0.472 e. The van der Waals surface area contributed by atoms with Crippen molar-refractivity contribution in [1.82, 2.24) is 39.6 Å². The lowest BCUT2D eigenvalue weighted by Crippen LogP contribution is -2.51. The molecule has 0 aliphatic carbocycles. The number of amides is 3. The van der Waals surface area contributed by atoms with Crippen molar-refractivity contribution in [3.8, 4) is 39.5 Å². The Balaban J connectivity index is 1.03. The number of carbonyl (C=O) groups excluding carboxylic acids is 3. The molecule has 3 atom stereocenters. The number of aromatic nitrogens is 5. The highest BCUT2D eigenvalue weighted by molar-refractivity contribution is 5.93. The fourth-order valence-electron chi connectivity index (χ4n) is 8.33. The van der Waals surface area contributed by atoms with Crippen LogP contribution in [0.25, 0.3) is 44.7 Å². The van der Waals surface area contributed by atoms with Gasteiger partial charge in [-0.05, 0) is 61.8 Å². The van der Waals surface area contributed by atoms with E-state index in [0.29, 0.717) is 58.3 Å². The SMILES string of the molecule is COC(=O)N[C@H](C(=O)N1CCC[C@H]1c1ncc(-c2ccc3c(c2)c(F)c2n3COc3cc(-c4cnc([C@@H]5CCCN5C(=O)CC(C)C)[nH]4)ccc3-2)[nH]1)C(C)C. The van der Waals surface area contributed by atoms with Gasteiger partial charge in [0.2, 0.25) is 11.8 Å². The van der Waals surface area contributed by atoms with Gasteiger partial charge in [0.05, 0.1) is 54.2 Å². The number of methoxy groups -OCH3 is 1. The van der Waals surface area contributed by atoms with Gasteiger partial charge in [-0.2, -0.15) is 0 Å². The van der Waals surface area contributed by atoms with Gasteiger partial charge in [0, 0.05) is 41.6 Å². The fourth-order valence-corrected chi connectivity index (χ4v) is 8.33. The van der Waals surface area contributed by atoms with Gasteiger partial charge in [0.15, 0.2) is 12.5 Å². The normalized spacial score (nSPS) is 18.5. The standard InChI is InChI=1S/C41H47FN8O5/c1-22(2)16-34(51)48-14-6-8-31(48)38-43-20-29(46-38)25-10-12-26-33(18-25)55-21-50-30-13-11-24(17-27(30)35(42)37(26)50)28-19-44-39(45-28)32-9-7-15-49(32)40(52)36(23(3)4)47-41(53)54-5/h10-13,17-20,22-23,31-32,36H,6-9,14-16,21H2,1-5H3,(H,43,46)(H,44,45)(H,47,53)/t31-,32-,36-/m0/s1. The van der Waals surface area contributed by atoms with E-state index in [1.54, 1.807) is 17.3 Å². The van der Waals surface area contributed by atoms with Gasteiger partial charge in [-0.3, -0.25) is 9.59 Å². The molecule has 55 heavy (non-hydrogen) atoms. The summed E-state index contributed by atoms with van der Waals surface area (Å²) < 4.78 is 29.3. The number of halogens is 1. The number of nitrogens with zero attached hydrogens (tertiary/aromatic N) is 5. The molecule has 0 spiro atoms. The number of likely N-dealkylation sites (tertiary alicyclic amines) is 2. The number of fused-ring (bicyclic) bond motifs is 5. The maximum atomic E-state index is 16.5. The van der Waals surface area contributed by atoms with E-state index in [0.717, 1.165) is 54.9 Å². The molecule has 0 saturated carbocycles. The van der Waals surface area contributed by atoms with Crippen LogP contribution in [0.2, 0.25) is 0 Å². The second kappa shape index (κ2) is 14.5. The molecule has 13 nitrogen and oxygen atoms in total. The van der Waals surface area contributed by atoms with Crippen molar-refractivity contribution in [2.75, 3.05) is 20.2 Å². The number of rotatable bonds is 9. The average molecular weight is 751 g/mol. The van der Waals surface area contributed by atoms with Crippen LogP contribution >= 0.6 is 0 Å². The van der Waals surface area contributed by atoms with Crippen molar-refractivity contribution in [2.24, 2.45) is 11.8 Å². The Labute approximate surface area is 318 Å². The van der Waals surface area contributed by atoms with Crippen LogP contribution in [0.4, 0.5) is 9.18 Å². The summed E-state index contributed by atoms with van der Waals surface area (Å²) >= 11 is 0. The predicted molar refractivity (Wildman–Crippen MR) is 204 cm³/mol. The molecular weight excluding hydrogens is 703 g/mol. The molecule has 6 heterocycles. The van der Waals surface area contributed by atoms with E-state index in [1.165, 1.54) is 7.11 Å². The molecule has 0 bridgehead atoms. The maximum absolute atomic E-state index is 16.5. The molecule has 5 aromatic rings. The van der Waals surface area contributed by atoms with Gasteiger partial charge in [-0.1, -0.05) is 39.8 Å². The van der Waals surface area contributed by atoms with Gasteiger partial charge in [0.1, 0.15) is 23.4 Å².